The van der Waals surface area contributed by atoms with Gasteiger partial charge in [-0.3, -0.25) is 24.0 Å². The van der Waals surface area contributed by atoms with Crippen molar-refractivity contribution in [3.63, 3.8) is 0 Å². The minimum Gasteiger partial charge on any atom is -0.462 e. The standard InChI is InChI=1S/C24H38N4O8.C2H6/c1-6-16(29)7-10-19(27-21(31)12-9-18(26)23(33)35-14(2)3)22(32)28-20(11-8-17(30)13-25)24(34)36-15(4)5;1-2/h6,13-15,18-20,25H,1,7-12,26H2,2-5H3,(H,27,31)(H,28,32);1-2H3. The van der Waals surface area contributed by atoms with Gasteiger partial charge < -0.3 is 31.3 Å². The van der Waals surface area contributed by atoms with Crippen molar-refractivity contribution in [2.24, 2.45) is 5.73 Å². The van der Waals surface area contributed by atoms with E-state index in [1.54, 1.807) is 27.7 Å². The van der Waals surface area contributed by atoms with Crippen LogP contribution in [0.4, 0.5) is 0 Å². The Bertz CT molecular complexity index is 826. The SMILES string of the molecule is C=CC(=O)CCC(NC(=O)CCC(N)C(=O)OC(C)C)C(=O)NC(CCC(=O)C=N)C(=O)OC(C)C.CC. The van der Waals surface area contributed by atoms with Crippen LogP contribution in [0.25, 0.3) is 0 Å². The van der Waals surface area contributed by atoms with E-state index < -0.39 is 53.8 Å². The van der Waals surface area contributed by atoms with Crippen molar-refractivity contribution in [1.29, 1.82) is 5.41 Å². The molecule has 2 amide bonds. The van der Waals surface area contributed by atoms with Crippen LogP contribution >= 0.6 is 0 Å². The van der Waals surface area contributed by atoms with Crippen molar-refractivity contribution < 1.29 is 38.2 Å². The maximum Gasteiger partial charge on any atom is 0.328 e. The topological polar surface area (TPSA) is 195 Å². The molecule has 0 saturated carbocycles. The van der Waals surface area contributed by atoms with Crippen LogP contribution in [-0.4, -0.2) is 71.9 Å². The van der Waals surface area contributed by atoms with E-state index in [2.05, 4.69) is 17.2 Å². The van der Waals surface area contributed by atoms with Crippen molar-refractivity contribution in [3.8, 4) is 0 Å². The highest BCUT2D eigenvalue weighted by Crippen LogP contribution is 2.08. The average Bonchev–Trinajstić information content (AvgIpc) is 2.86. The summed E-state index contributed by atoms with van der Waals surface area (Å²) in [5, 5.41) is 12.0. The van der Waals surface area contributed by atoms with E-state index in [-0.39, 0.29) is 50.4 Å². The molecule has 12 heteroatoms. The van der Waals surface area contributed by atoms with Crippen LogP contribution in [0.2, 0.25) is 0 Å². The number of nitrogens with two attached hydrogens (primary N) is 1. The van der Waals surface area contributed by atoms with Crippen LogP contribution in [0.1, 0.15) is 80.1 Å². The summed E-state index contributed by atoms with van der Waals surface area (Å²) in [5.74, 6) is -3.70. The first-order chi connectivity index (χ1) is 17.8. The molecule has 0 bridgehead atoms. The van der Waals surface area contributed by atoms with Crippen molar-refractivity contribution in [2.45, 2.75) is 110 Å². The molecule has 0 aliphatic carbocycles. The Morgan fingerprint density at radius 3 is 1.79 bits per heavy atom. The number of rotatable bonds is 18. The van der Waals surface area contributed by atoms with E-state index in [0.717, 1.165) is 6.08 Å². The number of allylic oxidation sites excluding steroid dienone is 1. The van der Waals surface area contributed by atoms with E-state index in [4.69, 9.17) is 20.6 Å². The molecule has 3 atom stereocenters. The zero-order valence-electron chi connectivity index (χ0n) is 23.3. The first-order valence-corrected chi connectivity index (χ1v) is 12.8. The van der Waals surface area contributed by atoms with E-state index in [1.807, 2.05) is 13.8 Å². The summed E-state index contributed by atoms with van der Waals surface area (Å²) in [4.78, 5) is 72.9. The molecule has 0 aromatic carbocycles. The Kier molecular flexibility index (Phi) is 19.9. The predicted octanol–water partition coefficient (Wildman–Crippen LogP) is 1.53. The number of hydrogen-bond acceptors (Lipinski definition) is 10. The number of carbonyl (C=O) groups is 6. The molecule has 3 unspecified atom stereocenters. The molecule has 0 rings (SSSR count). The molecule has 38 heavy (non-hydrogen) atoms. The van der Waals surface area contributed by atoms with Crippen LogP contribution in [0, 0.1) is 5.41 Å². The fraction of sp³-hybridized carbons (Fsp3) is 0.654. The maximum absolute atomic E-state index is 13.0. The van der Waals surface area contributed by atoms with E-state index >= 15 is 0 Å². The molecule has 0 heterocycles. The highest BCUT2D eigenvalue weighted by atomic mass is 16.5. The van der Waals surface area contributed by atoms with Crippen molar-refractivity contribution in [1.82, 2.24) is 10.6 Å². The Hall–Kier alpha value is -3.41. The predicted molar refractivity (Wildman–Crippen MR) is 142 cm³/mol. The summed E-state index contributed by atoms with van der Waals surface area (Å²) >= 11 is 0. The number of nitrogens with one attached hydrogen (secondary N) is 3. The second kappa shape index (κ2) is 20.6. The molecule has 216 valence electrons. The molecule has 0 aliphatic rings. The zero-order chi connectivity index (χ0) is 29.8. The molecule has 0 aromatic rings. The lowest BCUT2D eigenvalue weighted by Gasteiger charge is -2.23. The third kappa shape index (κ3) is 17.1. The Morgan fingerprint density at radius 1 is 0.789 bits per heavy atom. The zero-order valence-corrected chi connectivity index (χ0v) is 23.3. The first kappa shape index (κ1) is 36.7. The van der Waals surface area contributed by atoms with Gasteiger partial charge in [-0.25, -0.2) is 4.79 Å². The van der Waals surface area contributed by atoms with Gasteiger partial charge in [0.2, 0.25) is 11.8 Å². The Morgan fingerprint density at radius 2 is 1.29 bits per heavy atom. The van der Waals surface area contributed by atoms with Gasteiger partial charge in [0.1, 0.15) is 18.1 Å². The molecule has 0 radical (unpaired) electrons. The Labute approximate surface area is 225 Å². The van der Waals surface area contributed by atoms with Crippen LogP contribution in [-0.2, 0) is 38.2 Å². The summed E-state index contributed by atoms with van der Waals surface area (Å²) in [6.07, 6.45) is 0.125. The third-order valence-corrected chi connectivity index (χ3v) is 4.69. The molecule has 0 aliphatic heterocycles. The lowest BCUT2D eigenvalue weighted by molar-refractivity contribution is -0.152. The monoisotopic (exact) mass is 540 g/mol. The summed E-state index contributed by atoms with van der Waals surface area (Å²) in [6.45, 7) is 13.9. The van der Waals surface area contributed by atoms with Gasteiger partial charge in [-0.1, -0.05) is 20.4 Å². The number of hydrogen-bond donors (Lipinski definition) is 4. The average molecular weight is 541 g/mol. The fourth-order valence-corrected chi connectivity index (χ4v) is 2.84. The van der Waals surface area contributed by atoms with Crippen LogP contribution in [0.5, 0.6) is 0 Å². The van der Waals surface area contributed by atoms with E-state index in [9.17, 15) is 28.8 Å². The van der Waals surface area contributed by atoms with Crippen molar-refractivity contribution >= 4 is 41.5 Å². The number of esters is 2. The van der Waals surface area contributed by atoms with Gasteiger partial charge in [-0.05, 0) is 53.0 Å². The third-order valence-electron chi connectivity index (χ3n) is 4.69. The molecular formula is C26H44N4O8. The van der Waals surface area contributed by atoms with Crippen LogP contribution in [0.3, 0.4) is 0 Å². The van der Waals surface area contributed by atoms with Crippen molar-refractivity contribution in [2.75, 3.05) is 0 Å². The quantitative estimate of drug-likeness (QED) is 0.113. The number of carbonyl (C=O) groups excluding carboxylic acids is 6. The molecule has 0 aromatic heterocycles. The molecular weight excluding hydrogens is 496 g/mol. The summed E-state index contributed by atoms with van der Waals surface area (Å²) in [5.41, 5.74) is 5.74. The number of Topliss-reactive ketones (excluding diaryl/α,β-unsaturated/α-hetero) is 1. The van der Waals surface area contributed by atoms with E-state index in [0.29, 0.717) is 6.21 Å². The second-order valence-electron chi connectivity index (χ2n) is 8.66. The van der Waals surface area contributed by atoms with Gasteiger partial charge in [0.15, 0.2) is 11.6 Å². The summed E-state index contributed by atoms with van der Waals surface area (Å²) < 4.78 is 10.1. The lowest BCUT2D eigenvalue weighted by Crippen LogP contribution is -2.52. The molecule has 0 saturated heterocycles. The Balaban J connectivity index is 0. The largest absolute Gasteiger partial charge is 0.462 e. The highest BCUT2D eigenvalue weighted by molar-refractivity contribution is 6.26. The minimum atomic E-state index is -1.21. The fourth-order valence-electron chi connectivity index (χ4n) is 2.84. The van der Waals surface area contributed by atoms with Gasteiger partial charge in [0.05, 0.1) is 18.4 Å². The van der Waals surface area contributed by atoms with Crippen LogP contribution in [0.15, 0.2) is 12.7 Å². The smallest absolute Gasteiger partial charge is 0.328 e. The van der Waals surface area contributed by atoms with Crippen molar-refractivity contribution in [3.05, 3.63) is 12.7 Å². The number of ether oxygens (including phenoxy) is 2. The molecule has 0 fully saturated rings. The lowest BCUT2D eigenvalue weighted by atomic mass is 10.0. The van der Waals surface area contributed by atoms with Gasteiger partial charge in [0, 0.05) is 19.3 Å². The molecule has 0 spiro atoms. The normalized spacial score (nSPS) is 12.7. The summed E-state index contributed by atoms with van der Waals surface area (Å²) in [6, 6.07) is -3.44. The number of amides is 2. The highest BCUT2D eigenvalue weighted by Gasteiger charge is 2.29. The van der Waals surface area contributed by atoms with Gasteiger partial charge in [-0.15, -0.1) is 0 Å². The summed E-state index contributed by atoms with van der Waals surface area (Å²) in [7, 11) is 0. The minimum absolute atomic E-state index is 0.0353. The van der Waals surface area contributed by atoms with E-state index in [1.165, 1.54) is 0 Å². The molecule has 12 nitrogen and oxygen atoms in total. The van der Waals surface area contributed by atoms with Gasteiger partial charge in [0.25, 0.3) is 0 Å². The maximum atomic E-state index is 13.0. The number of ketones is 2. The van der Waals surface area contributed by atoms with Gasteiger partial charge in [-0.2, -0.15) is 0 Å². The van der Waals surface area contributed by atoms with Gasteiger partial charge >= 0.3 is 11.9 Å². The second-order valence-corrected chi connectivity index (χ2v) is 8.66. The van der Waals surface area contributed by atoms with Crippen LogP contribution < -0.4 is 16.4 Å². The molecule has 5 N–H and O–H groups in total. The first-order valence-electron chi connectivity index (χ1n) is 12.8.